The van der Waals surface area contributed by atoms with Gasteiger partial charge in [0.25, 0.3) is 0 Å². The maximum Gasteiger partial charge on any atom is 0.242 e. The molecule has 0 amide bonds. The number of sulfonamides is 1. The van der Waals surface area contributed by atoms with Crippen LogP contribution in [-0.4, -0.2) is 32.9 Å². The Morgan fingerprint density at radius 3 is 2.43 bits per heavy atom. The van der Waals surface area contributed by atoms with E-state index in [4.69, 9.17) is 5.73 Å². The highest BCUT2D eigenvalue weighted by Gasteiger charge is 2.30. The number of nitrogens with one attached hydrogen (secondary N) is 1. The van der Waals surface area contributed by atoms with Crippen LogP contribution in [0.1, 0.15) is 26.7 Å². The van der Waals surface area contributed by atoms with Crippen LogP contribution in [0.25, 0.3) is 0 Å². The normalized spacial score (nSPS) is 26.2. The van der Waals surface area contributed by atoms with Crippen LogP contribution in [0.2, 0.25) is 0 Å². The van der Waals surface area contributed by atoms with E-state index in [0.717, 1.165) is 6.42 Å². The van der Waals surface area contributed by atoms with Gasteiger partial charge in [-0.25, -0.2) is 12.7 Å². The van der Waals surface area contributed by atoms with Gasteiger partial charge < -0.3 is 11.1 Å². The molecular formula is C15H25N3O2S. The van der Waals surface area contributed by atoms with Gasteiger partial charge in [-0.2, -0.15) is 0 Å². The Labute approximate surface area is 127 Å². The van der Waals surface area contributed by atoms with Crippen LogP contribution < -0.4 is 11.1 Å². The molecule has 2 rings (SSSR count). The van der Waals surface area contributed by atoms with Crippen molar-refractivity contribution in [3.63, 3.8) is 0 Å². The lowest BCUT2D eigenvalue weighted by molar-refractivity contribution is 0.435. The van der Waals surface area contributed by atoms with E-state index in [1.54, 1.807) is 18.2 Å². The molecule has 0 spiro atoms. The summed E-state index contributed by atoms with van der Waals surface area (Å²) in [5.41, 5.74) is 7.29. The Kier molecular flexibility index (Phi) is 4.49. The number of benzene rings is 1. The molecule has 0 aliphatic heterocycles. The molecule has 118 valence electrons. The summed E-state index contributed by atoms with van der Waals surface area (Å²) in [6.45, 7) is 4.48. The van der Waals surface area contributed by atoms with Crippen molar-refractivity contribution in [2.24, 2.45) is 11.8 Å². The summed E-state index contributed by atoms with van der Waals surface area (Å²) in [7, 11) is -0.382. The van der Waals surface area contributed by atoms with Gasteiger partial charge in [-0.05, 0) is 42.9 Å². The predicted molar refractivity (Wildman–Crippen MR) is 86.7 cm³/mol. The van der Waals surface area contributed by atoms with Crippen molar-refractivity contribution >= 4 is 21.4 Å². The highest BCUT2D eigenvalue weighted by molar-refractivity contribution is 7.89. The van der Waals surface area contributed by atoms with Crippen LogP contribution in [0.15, 0.2) is 23.1 Å². The molecule has 0 saturated heterocycles. The van der Waals surface area contributed by atoms with Crippen molar-refractivity contribution in [1.82, 2.24) is 4.31 Å². The molecular weight excluding hydrogens is 286 g/mol. The molecule has 1 aliphatic rings. The second-order valence-corrected chi connectivity index (χ2v) is 8.35. The van der Waals surface area contributed by atoms with E-state index in [1.807, 2.05) is 0 Å². The topological polar surface area (TPSA) is 75.4 Å². The van der Waals surface area contributed by atoms with Crippen molar-refractivity contribution in [3.05, 3.63) is 18.2 Å². The van der Waals surface area contributed by atoms with E-state index in [-0.39, 0.29) is 4.90 Å². The third-order valence-electron chi connectivity index (χ3n) is 4.61. The van der Waals surface area contributed by atoms with Crippen molar-refractivity contribution < 1.29 is 8.42 Å². The second kappa shape index (κ2) is 5.85. The molecule has 1 saturated carbocycles. The Morgan fingerprint density at radius 1 is 1.24 bits per heavy atom. The lowest BCUT2D eigenvalue weighted by Gasteiger charge is -2.22. The summed E-state index contributed by atoms with van der Waals surface area (Å²) >= 11 is 0. The number of hydrogen-bond donors (Lipinski definition) is 2. The SMILES string of the molecule is CC1CCC(Nc2cc(S(=O)(=O)N(C)C)ccc2N)C1C. The van der Waals surface area contributed by atoms with Gasteiger partial charge in [-0.1, -0.05) is 13.8 Å². The van der Waals surface area contributed by atoms with Crippen molar-refractivity contribution in [1.29, 1.82) is 0 Å². The van der Waals surface area contributed by atoms with E-state index in [1.165, 1.54) is 24.8 Å². The number of nitrogen functional groups attached to an aromatic ring is 1. The number of hydrogen-bond acceptors (Lipinski definition) is 4. The molecule has 3 atom stereocenters. The Morgan fingerprint density at radius 2 is 1.90 bits per heavy atom. The molecule has 5 nitrogen and oxygen atoms in total. The predicted octanol–water partition coefficient (Wildman–Crippen LogP) is 2.37. The third kappa shape index (κ3) is 3.16. The monoisotopic (exact) mass is 311 g/mol. The minimum atomic E-state index is -3.44. The Hall–Kier alpha value is -1.27. The molecule has 1 aromatic rings. The summed E-state index contributed by atoms with van der Waals surface area (Å²) in [5, 5.41) is 3.43. The Bertz CT molecular complexity index is 613. The summed E-state index contributed by atoms with van der Waals surface area (Å²) in [6.07, 6.45) is 2.28. The minimum absolute atomic E-state index is 0.267. The van der Waals surface area contributed by atoms with Crippen LogP contribution in [-0.2, 0) is 10.0 Å². The smallest absolute Gasteiger partial charge is 0.242 e. The second-order valence-electron chi connectivity index (χ2n) is 6.20. The number of anilines is 2. The van der Waals surface area contributed by atoms with E-state index in [2.05, 4.69) is 19.2 Å². The summed E-state index contributed by atoms with van der Waals surface area (Å²) < 4.78 is 25.6. The molecule has 0 bridgehead atoms. The quantitative estimate of drug-likeness (QED) is 0.837. The maximum atomic E-state index is 12.2. The lowest BCUT2D eigenvalue weighted by atomic mass is 9.97. The fourth-order valence-corrected chi connectivity index (χ4v) is 3.73. The van der Waals surface area contributed by atoms with Crippen molar-refractivity contribution in [3.8, 4) is 0 Å². The summed E-state index contributed by atoms with van der Waals surface area (Å²) in [4.78, 5) is 0.267. The summed E-state index contributed by atoms with van der Waals surface area (Å²) in [6, 6.07) is 5.19. The van der Waals surface area contributed by atoms with Crippen LogP contribution in [0.3, 0.4) is 0 Å². The largest absolute Gasteiger partial charge is 0.397 e. The average Bonchev–Trinajstić information content (AvgIpc) is 2.72. The first-order chi connectivity index (χ1) is 9.73. The van der Waals surface area contributed by atoms with Gasteiger partial charge in [-0.3, -0.25) is 0 Å². The molecule has 0 heterocycles. The highest BCUT2D eigenvalue weighted by Crippen LogP contribution is 2.35. The standard InChI is InChI=1S/C15H25N3O2S/c1-10-5-8-14(11(10)2)17-15-9-12(6-7-13(15)16)21(19,20)18(3)4/h6-7,9-11,14,17H,5,8,16H2,1-4H3. The van der Waals surface area contributed by atoms with Gasteiger partial charge in [-0.15, -0.1) is 0 Å². The Balaban J connectivity index is 2.29. The fourth-order valence-electron chi connectivity index (χ4n) is 2.80. The number of rotatable bonds is 4. The molecule has 3 N–H and O–H groups in total. The molecule has 21 heavy (non-hydrogen) atoms. The third-order valence-corrected chi connectivity index (χ3v) is 6.42. The number of nitrogens with zero attached hydrogens (tertiary/aromatic N) is 1. The maximum absolute atomic E-state index is 12.2. The van der Waals surface area contributed by atoms with Crippen molar-refractivity contribution in [2.75, 3.05) is 25.1 Å². The van der Waals surface area contributed by atoms with E-state index in [9.17, 15) is 8.42 Å². The first kappa shape index (κ1) is 16.1. The van der Waals surface area contributed by atoms with Gasteiger partial charge in [0, 0.05) is 20.1 Å². The molecule has 0 radical (unpaired) electrons. The van der Waals surface area contributed by atoms with Gasteiger partial charge >= 0.3 is 0 Å². The molecule has 0 aromatic heterocycles. The molecule has 6 heteroatoms. The van der Waals surface area contributed by atoms with Crippen LogP contribution >= 0.6 is 0 Å². The van der Waals surface area contributed by atoms with Gasteiger partial charge in [0.1, 0.15) is 0 Å². The van der Waals surface area contributed by atoms with E-state index >= 15 is 0 Å². The van der Waals surface area contributed by atoms with Crippen LogP contribution in [0.4, 0.5) is 11.4 Å². The molecule has 1 aliphatic carbocycles. The zero-order valence-corrected chi connectivity index (χ0v) is 13.9. The van der Waals surface area contributed by atoms with Gasteiger partial charge in [0.2, 0.25) is 10.0 Å². The van der Waals surface area contributed by atoms with E-state index < -0.39 is 10.0 Å². The number of nitrogens with two attached hydrogens (primary N) is 1. The zero-order chi connectivity index (χ0) is 15.8. The van der Waals surface area contributed by atoms with E-state index in [0.29, 0.717) is 29.3 Å². The first-order valence-corrected chi connectivity index (χ1v) is 8.76. The average molecular weight is 311 g/mol. The lowest BCUT2D eigenvalue weighted by Crippen LogP contribution is -2.25. The fraction of sp³-hybridized carbons (Fsp3) is 0.600. The van der Waals surface area contributed by atoms with Crippen molar-refractivity contribution in [2.45, 2.75) is 37.6 Å². The van der Waals surface area contributed by atoms with Crippen LogP contribution in [0.5, 0.6) is 0 Å². The molecule has 3 unspecified atom stereocenters. The molecule has 1 fully saturated rings. The first-order valence-electron chi connectivity index (χ1n) is 7.32. The van der Waals surface area contributed by atoms with Crippen LogP contribution in [0, 0.1) is 11.8 Å². The van der Waals surface area contributed by atoms with Gasteiger partial charge in [0.15, 0.2) is 0 Å². The van der Waals surface area contributed by atoms with Gasteiger partial charge in [0.05, 0.1) is 16.3 Å². The highest BCUT2D eigenvalue weighted by atomic mass is 32.2. The zero-order valence-electron chi connectivity index (χ0n) is 13.1. The summed E-state index contributed by atoms with van der Waals surface area (Å²) in [5.74, 6) is 1.23. The minimum Gasteiger partial charge on any atom is -0.397 e. The molecule has 1 aromatic carbocycles.